The largest absolute Gasteiger partial charge is 0.465 e. The minimum atomic E-state index is -0.275. The first kappa shape index (κ1) is 12.5. The molecule has 1 aliphatic heterocycles. The van der Waals surface area contributed by atoms with E-state index in [2.05, 4.69) is 10.3 Å². The predicted octanol–water partition coefficient (Wildman–Crippen LogP) is 1.68. The lowest BCUT2D eigenvalue weighted by Crippen LogP contribution is -2.41. The molecule has 0 radical (unpaired) electrons. The third-order valence-electron chi connectivity index (χ3n) is 3.46. The highest BCUT2D eigenvalue weighted by Crippen LogP contribution is 2.25. The lowest BCUT2D eigenvalue weighted by Gasteiger charge is -2.21. The molecule has 4 nitrogen and oxygen atoms in total. The molecule has 0 bridgehead atoms. The average molecular weight is 254 g/mol. The van der Waals surface area contributed by atoms with E-state index in [1.165, 1.54) is 25.7 Å². The zero-order valence-corrected chi connectivity index (χ0v) is 10.9. The molecule has 1 atom stereocenters. The second-order valence-corrected chi connectivity index (χ2v) is 5.16. The second kappa shape index (κ2) is 5.58. The van der Waals surface area contributed by atoms with Gasteiger partial charge in [0, 0.05) is 12.3 Å². The minimum Gasteiger partial charge on any atom is -0.465 e. The number of thiocarbonyl (C=S) groups is 1. The number of nitrogens with one attached hydrogen (secondary N) is 1. The second-order valence-electron chi connectivity index (χ2n) is 4.77. The predicted molar refractivity (Wildman–Crippen MR) is 70.1 cm³/mol. The van der Waals surface area contributed by atoms with Crippen LogP contribution in [0.25, 0.3) is 0 Å². The van der Waals surface area contributed by atoms with Crippen molar-refractivity contribution in [3.05, 3.63) is 0 Å². The van der Waals surface area contributed by atoms with Crippen LogP contribution in [0.3, 0.4) is 0 Å². The molecule has 2 rings (SSSR count). The van der Waals surface area contributed by atoms with Crippen molar-refractivity contribution in [3.63, 3.8) is 0 Å². The Hall–Kier alpha value is -0.970. The molecule has 2 aliphatic rings. The Morgan fingerprint density at radius 3 is 2.88 bits per heavy atom. The lowest BCUT2D eigenvalue weighted by molar-refractivity contribution is -0.147. The van der Waals surface area contributed by atoms with Gasteiger partial charge in [0.05, 0.1) is 6.61 Å². The summed E-state index contributed by atoms with van der Waals surface area (Å²) in [4.78, 5) is 16.0. The Morgan fingerprint density at radius 2 is 2.24 bits per heavy atom. The van der Waals surface area contributed by atoms with E-state index < -0.39 is 0 Å². The van der Waals surface area contributed by atoms with Crippen molar-refractivity contribution in [1.29, 1.82) is 0 Å². The summed E-state index contributed by atoms with van der Waals surface area (Å²) in [5.74, 6) is 0.116. The van der Waals surface area contributed by atoms with Crippen LogP contribution in [0.2, 0.25) is 0 Å². The molecule has 94 valence electrons. The first-order valence-electron chi connectivity index (χ1n) is 6.16. The molecule has 5 heteroatoms. The number of nitrogens with zero attached hydrogens (tertiary/aromatic N) is 1. The van der Waals surface area contributed by atoms with Gasteiger partial charge in [-0.15, -0.1) is 0 Å². The fraction of sp³-hybridized carbons (Fsp3) is 0.750. The zero-order chi connectivity index (χ0) is 12.3. The van der Waals surface area contributed by atoms with Gasteiger partial charge >= 0.3 is 5.97 Å². The summed E-state index contributed by atoms with van der Waals surface area (Å²) in [6, 6.07) is 0. The SMILES string of the molecule is CC1=NC(=S)NCC1C(=O)OCC1CCCC1. The Labute approximate surface area is 107 Å². The molecule has 17 heavy (non-hydrogen) atoms. The average Bonchev–Trinajstić information content (AvgIpc) is 2.78. The first-order valence-corrected chi connectivity index (χ1v) is 6.57. The van der Waals surface area contributed by atoms with Gasteiger partial charge in [0.1, 0.15) is 5.92 Å². The normalized spacial score (nSPS) is 25.4. The van der Waals surface area contributed by atoms with Gasteiger partial charge in [0.25, 0.3) is 0 Å². The van der Waals surface area contributed by atoms with E-state index in [0.717, 1.165) is 5.71 Å². The maximum absolute atomic E-state index is 11.9. The van der Waals surface area contributed by atoms with Crippen molar-refractivity contribution in [1.82, 2.24) is 5.32 Å². The number of hydrogen-bond acceptors (Lipinski definition) is 3. The summed E-state index contributed by atoms with van der Waals surface area (Å²) >= 11 is 4.92. The molecular weight excluding hydrogens is 236 g/mol. The van der Waals surface area contributed by atoms with E-state index >= 15 is 0 Å². The molecule has 1 fully saturated rings. The van der Waals surface area contributed by atoms with Gasteiger partial charge in [0.15, 0.2) is 5.11 Å². The van der Waals surface area contributed by atoms with E-state index in [4.69, 9.17) is 17.0 Å². The van der Waals surface area contributed by atoms with Crippen LogP contribution in [-0.2, 0) is 9.53 Å². The van der Waals surface area contributed by atoms with Crippen LogP contribution in [-0.4, -0.2) is 29.9 Å². The fourth-order valence-electron chi connectivity index (χ4n) is 2.35. The maximum Gasteiger partial charge on any atom is 0.316 e. The van der Waals surface area contributed by atoms with E-state index in [1.807, 2.05) is 6.92 Å². The topological polar surface area (TPSA) is 50.7 Å². The van der Waals surface area contributed by atoms with Crippen molar-refractivity contribution in [2.24, 2.45) is 16.8 Å². The van der Waals surface area contributed by atoms with Gasteiger partial charge in [-0.2, -0.15) is 0 Å². The molecule has 0 aromatic carbocycles. The molecule has 1 unspecified atom stereocenters. The van der Waals surface area contributed by atoms with Gasteiger partial charge in [-0.05, 0) is 37.9 Å². The van der Waals surface area contributed by atoms with Crippen LogP contribution in [0.5, 0.6) is 0 Å². The Bertz CT molecular complexity index is 348. The van der Waals surface area contributed by atoms with Gasteiger partial charge < -0.3 is 10.1 Å². The summed E-state index contributed by atoms with van der Waals surface area (Å²) in [5.41, 5.74) is 0.755. The minimum absolute atomic E-state index is 0.173. The molecule has 0 aromatic heterocycles. The molecule has 1 saturated carbocycles. The summed E-state index contributed by atoms with van der Waals surface area (Å²) in [5, 5.41) is 3.37. The van der Waals surface area contributed by atoms with Crippen LogP contribution < -0.4 is 5.32 Å². The van der Waals surface area contributed by atoms with Crippen molar-refractivity contribution in [2.75, 3.05) is 13.2 Å². The fourth-order valence-corrected chi connectivity index (χ4v) is 2.57. The smallest absolute Gasteiger partial charge is 0.316 e. The maximum atomic E-state index is 11.9. The number of carbonyl (C=O) groups is 1. The third-order valence-corrected chi connectivity index (χ3v) is 3.70. The van der Waals surface area contributed by atoms with Crippen LogP contribution >= 0.6 is 12.2 Å². The number of hydrogen-bond donors (Lipinski definition) is 1. The summed E-state index contributed by atoms with van der Waals surface area (Å²) < 4.78 is 5.37. The van der Waals surface area contributed by atoms with E-state index in [-0.39, 0.29) is 11.9 Å². The van der Waals surface area contributed by atoms with Crippen LogP contribution in [0.15, 0.2) is 4.99 Å². The Morgan fingerprint density at radius 1 is 1.53 bits per heavy atom. The van der Waals surface area contributed by atoms with Crippen LogP contribution in [0.4, 0.5) is 0 Å². The highest BCUT2D eigenvalue weighted by molar-refractivity contribution is 7.80. The third kappa shape index (κ3) is 3.25. The van der Waals surface area contributed by atoms with Crippen molar-refractivity contribution >= 4 is 29.0 Å². The Balaban J connectivity index is 1.83. The highest BCUT2D eigenvalue weighted by atomic mass is 32.1. The molecule has 0 spiro atoms. The molecule has 1 aliphatic carbocycles. The first-order chi connectivity index (χ1) is 8.16. The Kier molecular flexibility index (Phi) is 4.10. The standard InChI is InChI=1S/C12H18N2O2S/c1-8-10(6-13-12(17)14-8)11(15)16-7-9-4-2-3-5-9/h9-10H,2-7H2,1H3,(H,13,17). The molecule has 0 saturated heterocycles. The molecule has 1 heterocycles. The zero-order valence-electron chi connectivity index (χ0n) is 10.1. The summed E-state index contributed by atoms with van der Waals surface area (Å²) in [6.45, 7) is 2.90. The number of esters is 1. The lowest BCUT2D eigenvalue weighted by atomic mass is 10.0. The highest BCUT2D eigenvalue weighted by Gasteiger charge is 2.27. The molecule has 1 N–H and O–H groups in total. The van der Waals surface area contributed by atoms with Gasteiger partial charge in [0.2, 0.25) is 0 Å². The van der Waals surface area contributed by atoms with Crippen LogP contribution in [0.1, 0.15) is 32.6 Å². The molecule has 0 amide bonds. The van der Waals surface area contributed by atoms with E-state index in [1.54, 1.807) is 0 Å². The van der Waals surface area contributed by atoms with Crippen molar-refractivity contribution in [2.45, 2.75) is 32.6 Å². The molecular formula is C12H18N2O2S. The number of rotatable bonds is 3. The number of carbonyl (C=O) groups excluding carboxylic acids is 1. The van der Waals surface area contributed by atoms with Crippen molar-refractivity contribution < 1.29 is 9.53 Å². The monoisotopic (exact) mass is 254 g/mol. The number of ether oxygens (including phenoxy) is 1. The number of aliphatic imine (C=N–C) groups is 1. The van der Waals surface area contributed by atoms with Gasteiger partial charge in [-0.25, -0.2) is 4.99 Å². The van der Waals surface area contributed by atoms with Crippen molar-refractivity contribution in [3.8, 4) is 0 Å². The van der Waals surface area contributed by atoms with Crippen LogP contribution in [0, 0.1) is 11.8 Å². The molecule has 0 aromatic rings. The summed E-state index contributed by atoms with van der Waals surface area (Å²) in [7, 11) is 0. The van der Waals surface area contributed by atoms with Gasteiger partial charge in [-0.3, -0.25) is 4.79 Å². The van der Waals surface area contributed by atoms with E-state index in [0.29, 0.717) is 24.2 Å². The summed E-state index contributed by atoms with van der Waals surface area (Å²) in [6.07, 6.45) is 4.91. The van der Waals surface area contributed by atoms with E-state index in [9.17, 15) is 4.79 Å². The quantitative estimate of drug-likeness (QED) is 0.615. The van der Waals surface area contributed by atoms with Gasteiger partial charge in [-0.1, -0.05) is 12.8 Å².